The van der Waals surface area contributed by atoms with Gasteiger partial charge in [0.2, 0.25) is 5.88 Å². The second kappa shape index (κ2) is 6.37. The Morgan fingerprint density at radius 1 is 1.33 bits per heavy atom. The molecular weight excluding hydrogens is 284 g/mol. The van der Waals surface area contributed by atoms with Crippen LogP contribution in [0.3, 0.4) is 0 Å². The zero-order valence-corrected chi connectivity index (χ0v) is 13.4. The molecule has 2 rings (SSSR count). The van der Waals surface area contributed by atoms with E-state index in [0.29, 0.717) is 18.1 Å². The molecule has 0 radical (unpaired) electrons. The predicted octanol–water partition coefficient (Wildman–Crippen LogP) is 3.06. The van der Waals surface area contributed by atoms with Crippen LogP contribution in [0.5, 0.6) is 5.88 Å². The number of fused-ring (bicyclic) bond motifs is 1. The van der Waals surface area contributed by atoms with Crippen LogP contribution in [0.1, 0.15) is 25.8 Å². The van der Waals surface area contributed by atoms with Gasteiger partial charge in [0.15, 0.2) is 0 Å². The molecule has 0 unspecified atom stereocenters. The van der Waals surface area contributed by atoms with Crippen molar-refractivity contribution in [3.63, 3.8) is 0 Å². The lowest BCUT2D eigenvalue weighted by Crippen LogP contribution is -2.25. The van der Waals surface area contributed by atoms with Crippen LogP contribution in [0, 0.1) is 0 Å². The SMILES string of the molecule is COC(C)(C)CCOc1nc2ccccc2cc1C(N)=S. The van der Waals surface area contributed by atoms with Crippen LogP contribution in [0.15, 0.2) is 30.3 Å². The first-order valence-corrected chi connectivity index (χ1v) is 7.21. The Hall–Kier alpha value is -1.72. The molecule has 0 aliphatic rings. The van der Waals surface area contributed by atoms with Crippen LogP contribution in [-0.2, 0) is 4.74 Å². The molecule has 5 heteroatoms. The summed E-state index contributed by atoms with van der Waals surface area (Å²) in [5, 5.41) is 0.991. The van der Waals surface area contributed by atoms with E-state index < -0.39 is 0 Å². The molecule has 0 aliphatic heterocycles. The minimum atomic E-state index is -0.236. The number of pyridine rings is 1. The highest BCUT2D eigenvalue weighted by Crippen LogP contribution is 2.23. The number of nitrogens with zero attached hydrogens (tertiary/aromatic N) is 1. The minimum Gasteiger partial charge on any atom is -0.477 e. The zero-order chi connectivity index (χ0) is 15.5. The first-order valence-electron chi connectivity index (χ1n) is 6.80. The van der Waals surface area contributed by atoms with Gasteiger partial charge in [0.1, 0.15) is 4.99 Å². The van der Waals surface area contributed by atoms with Crippen LogP contribution in [0.4, 0.5) is 0 Å². The summed E-state index contributed by atoms with van der Waals surface area (Å²) in [6.07, 6.45) is 0.745. The molecule has 2 N–H and O–H groups in total. The van der Waals surface area contributed by atoms with Gasteiger partial charge in [-0.1, -0.05) is 30.4 Å². The summed E-state index contributed by atoms with van der Waals surface area (Å²) < 4.78 is 11.2. The van der Waals surface area contributed by atoms with Gasteiger partial charge in [-0.15, -0.1) is 0 Å². The van der Waals surface area contributed by atoms with Crippen LogP contribution >= 0.6 is 12.2 Å². The Morgan fingerprint density at radius 2 is 2.05 bits per heavy atom. The first-order chi connectivity index (χ1) is 9.93. The van der Waals surface area contributed by atoms with Gasteiger partial charge in [0.05, 0.1) is 23.3 Å². The van der Waals surface area contributed by atoms with Gasteiger partial charge in [-0.05, 0) is 26.0 Å². The van der Waals surface area contributed by atoms with E-state index in [4.69, 9.17) is 27.4 Å². The number of ether oxygens (including phenoxy) is 2. The second-order valence-corrected chi connectivity index (χ2v) is 5.90. The topological polar surface area (TPSA) is 57.4 Å². The van der Waals surface area contributed by atoms with Crippen molar-refractivity contribution < 1.29 is 9.47 Å². The number of thiocarbonyl (C=S) groups is 1. The molecular formula is C16H20N2O2S. The lowest BCUT2D eigenvalue weighted by molar-refractivity contribution is 0.00510. The molecule has 1 aromatic carbocycles. The van der Waals surface area contributed by atoms with E-state index in [1.807, 2.05) is 44.2 Å². The van der Waals surface area contributed by atoms with Gasteiger partial charge < -0.3 is 15.2 Å². The van der Waals surface area contributed by atoms with Crippen molar-refractivity contribution in [3.05, 3.63) is 35.9 Å². The monoisotopic (exact) mass is 304 g/mol. The fourth-order valence-electron chi connectivity index (χ4n) is 1.88. The van der Waals surface area contributed by atoms with E-state index in [1.165, 1.54) is 0 Å². The summed E-state index contributed by atoms with van der Waals surface area (Å²) in [4.78, 5) is 4.80. The third kappa shape index (κ3) is 3.89. The molecule has 21 heavy (non-hydrogen) atoms. The number of benzene rings is 1. The maximum Gasteiger partial charge on any atom is 0.224 e. The highest BCUT2D eigenvalue weighted by molar-refractivity contribution is 7.80. The summed E-state index contributed by atoms with van der Waals surface area (Å²) in [6, 6.07) is 9.72. The molecule has 0 fully saturated rings. The van der Waals surface area contributed by atoms with Crippen molar-refractivity contribution in [2.45, 2.75) is 25.9 Å². The molecule has 112 valence electrons. The number of aromatic nitrogens is 1. The lowest BCUT2D eigenvalue weighted by atomic mass is 10.1. The van der Waals surface area contributed by atoms with Gasteiger partial charge in [-0.2, -0.15) is 0 Å². The Bertz CT molecular complexity index is 656. The molecule has 1 aromatic heterocycles. The quantitative estimate of drug-likeness (QED) is 0.831. The van der Waals surface area contributed by atoms with Crippen molar-refractivity contribution in [2.75, 3.05) is 13.7 Å². The van der Waals surface area contributed by atoms with Gasteiger partial charge in [-0.3, -0.25) is 0 Å². The lowest BCUT2D eigenvalue weighted by Gasteiger charge is -2.22. The molecule has 2 aromatic rings. The summed E-state index contributed by atoms with van der Waals surface area (Å²) in [6.45, 7) is 4.51. The predicted molar refractivity (Wildman–Crippen MR) is 88.8 cm³/mol. The maximum absolute atomic E-state index is 5.79. The van der Waals surface area contributed by atoms with Crippen molar-refractivity contribution in [1.29, 1.82) is 0 Å². The Labute approximate surface area is 130 Å². The van der Waals surface area contributed by atoms with Crippen molar-refractivity contribution in [1.82, 2.24) is 4.98 Å². The number of nitrogens with two attached hydrogens (primary N) is 1. The standard InChI is InChI=1S/C16H20N2O2S/c1-16(2,19-3)8-9-20-15-12(14(17)21)10-11-6-4-5-7-13(11)18-15/h4-7,10H,8-9H2,1-3H3,(H2,17,21). The summed E-state index contributed by atoms with van der Waals surface area (Å²) in [5.74, 6) is 0.480. The van der Waals surface area contributed by atoms with Crippen LogP contribution < -0.4 is 10.5 Å². The molecule has 1 heterocycles. The largest absolute Gasteiger partial charge is 0.477 e. The fraction of sp³-hybridized carbons (Fsp3) is 0.375. The number of methoxy groups -OCH3 is 1. The van der Waals surface area contributed by atoms with Crippen LogP contribution in [0.2, 0.25) is 0 Å². The third-order valence-electron chi connectivity index (χ3n) is 3.45. The van der Waals surface area contributed by atoms with Gasteiger partial charge in [-0.25, -0.2) is 4.98 Å². The molecule has 0 saturated heterocycles. The normalized spacial score (nSPS) is 11.6. The average molecular weight is 304 g/mol. The molecule has 0 spiro atoms. The molecule has 0 saturated carbocycles. The first kappa shape index (κ1) is 15.7. The van der Waals surface area contributed by atoms with Gasteiger partial charge in [0, 0.05) is 18.9 Å². The fourth-order valence-corrected chi connectivity index (χ4v) is 2.03. The second-order valence-electron chi connectivity index (χ2n) is 5.46. The van der Waals surface area contributed by atoms with E-state index in [-0.39, 0.29) is 10.6 Å². The number of hydrogen-bond acceptors (Lipinski definition) is 4. The maximum atomic E-state index is 5.79. The van der Waals surface area contributed by atoms with E-state index in [1.54, 1.807) is 7.11 Å². The highest BCUT2D eigenvalue weighted by atomic mass is 32.1. The summed E-state index contributed by atoms with van der Waals surface area (Å²) in [5.41, 5.74) is 7.07. The highest BCUT2D eigenvalue weighted by Gasteiger charge is 2.17. The average Bonchev–Trinajstić information content (AvgIpc) is 2.46. The number of hydrogen-bond donors (Lipinski definition) is 1. The van der Waals surface area contributed by atoms with Crippen molar-refractivity contribution >= 4 is 28.1 Å². The summed E-state index contributed by atoms with van der Waals surface area (Å²) in [7, 11) is 1.69. The number of para-hydroxylation sites is 1. The Balaban J connectivity index is 2.25. The van der Waals surface area contributed by atoms with E-state index in [0.717, 1.165) is 17.3 Å². The van der Waals surface area contributed by atoms with Gasteiger partial charge >= 0.3 is 0 Å². The molecule has 0 atom stereocenters. The number of rotatable bonds is 6. The summed E-state index contributed by atoms with van der Waals surface area (Å²) >= 11 is 5.09. The van der Waals surface area contributed by atoms with Crippen LogP contribution in [-0.4, -0.2) is 29.3 Å². The Kier molecular flexibility index (Phi) is 4.75. The smallest absolute Gasteiger partial charge is 0.224 e. The third-order valence-corrected chi connectivity index (χ3v) is 3.67. The minimum absolute atomic E-state index is 0.236. The zero-order valence-electron chi connectivity index (χ0n) is 12.6. The van der Waals surface area contributed by atoms with E-state index in [9.17, 15) is 0 Å². The van der Waals surface area contributed by atoms with E-state index in [2.05, 4.69) is 4.98 Å². The van der Waals surface area contributed by atoms with E-state index >= 15 is 0 Å². The van der Waals surface area contributed by atoms with Crippen LogP contribution in [0.25, 0.3) is 10.9 Å². The molecule has 0 bridgehead atoms. The van der Waals surface area contributed by atoms with Crippen molar-refractivity contribution in [3.8, 4) is 5.88 Å². The Morgan fingerprint density at radius 3 is 2.71 bits per heavy atom. The van der Waals surface area contributed by atoms with Crippen molar-refractivity contribution in [2.24, 2.45) is 5.73 Å². The van der Waals surface area contributed by atoms with Gasteiger partial charge in [0.25, 0.3) is 0 Å². The molecule has 0 aliphatic carbocycles. The molecule has 0 amide bonds. The molecule has 4 nitrogen and oxygen atoms in total.